The molecule has 0 amide bonds. The average Bonchev–Trinajstić information content (AvgIpc) is 2.78. The molecule has 2 aromatic rings. The molecule has 0 fully saturated rings. The van der Waals surface area contributed by atoms with Crippen LogP contribution in [0.3, 0.4) is 0 Å². The Bertz CT molecular complexity index is 501. The van der Waals surface area contributed by atoms with Gasteiger partial charge in [0.15, 0.2) is 0 Å². The van der Waals surface area contributed by atoms with Gasteiger partial charge < -0.3 is 10.7 Å². The molecule has 2 heterocycles. The summed E-state index contributed by atoms with van der Waals surface area (Å²) in [6.45, 7) is 0.619. The summed E-state index contributed by atoms with van der Waals surface area (Å²) >= 11 is 0. The van der Waals surface area contributed by atoms with Crippen molar-refractivity contribution in [2.45, 2.75) is 12.8 Å². The van der Waals surface area contributed by atoms with Gasteiger partial charge in [-0.05, 0) is 12.6 Å². The molecule has 1 aliphatic carbocycles. The van der Waals surface area contributed by atoms with Crippen molar-refractivity contribution >= 4 is 0 Å². The molecule has 1 aliphatic rings. The van der Waals surface area contributed by atoms with Crippen molar-refractivity contribution in [1.29, 1.82) is 0 Å². The lowest BCUT2D eigenvalue weighted by atomic mass is 10.2. The van der Waals surface area contributed by atoms with Crippen molar-refractivity contribution < 1.29 is 0 Å². The summed E-state index contributed by atoms with van der Waals surface area (Å²) in [5, 5.41) is 0. The summed E-state index contributed by atoms with van der Waals surface area (Å²) < 4.78 is 0. The topological polar surface area (TPSA) is 67.6 Å². The molecule has 76 valence electrons. The number of hydrogen-bond acceptors (Lipinski definition) is 3. The molecule has 0 aromatic carbocycles. The van der Waals surface area contributed by atoms with E-state index in [2.05, 4.69) is 21.0 Å². The minimum absolute atomic E-state index is 0.619. The summed E-state index contributed by atoms with van der Waals surface area (Å²) in [6.07, 6.45) is 5.44. The van der Waals surface area contributed by atoms with E-state index in [9.17, 15) is 0 Å². The SMILES string of the molecule is NCCc1cnc2c(n1)-c1cc[nH]c1C2. The normalized spacial score (nSPS) is 12.6. The molecule has 0 bridgehead atoms. The van der Waals surface area contributed by atoms with Crippen molar-refractivity contribution in [1.82, 2.24) is 15.0 Å². The van der Waals surface area contributed by atoms with E-state index in [-0.39, 0.29) is 0 Å². The first-order chi connectivity index (χ1) is 7.38. The van der Waals surface area contributed by atoms with Crippen LogP contribution in [0.1, 0.15) is 17.1 Å². The number of rotatable bonds is 2. The summed E-state index contributed by atoms with van der Waals surface area (Å²) in [5.74, 6) is 0. The second-order valence-electron chi connectivity index (χ2n) is 3.74. The van der Waals surface area contributed by atoms with E-state index in [0.717, 1.165) is 29.9 Å². The number of nitrogens with two attached hydrogens (primary N) is 1. The maximum absolute atomic E-state index is 5.51. The Hall–Kier alpha value is -1.68. The van der Waals surface area contributed by atoms with Crippen LogP contribution in [-0.2, 0) is 12.8 Å². The first kappa shape index (κ1) is 8.61. The van der Waals surface area contributed by atoms with Gasteiger partial charge in [0, 0.05) is 36.5 Å². The van der Waals surface area contributed by atoms with E-state index in [1.807, 2.05) is 12.4 Å². The van der Waals surface area contributed by atoms with Crippen molar-refractivity contribution in [3.05, 3.63) is 35.5 Å². The molecule has 4 nitrogen and oxygen atoms in total. The Balaban J connectivity index is 2.10. The molecule has 4 heteroatoms. The second kappa shape index (κ2) is 3.17. The highest BCUT2D eigenvalue weighted by Gasteiger charge is 2.21. The summed E-state index contributed by atoms with van der Waals surface area (Å²) in [4.78, 5) is 12.2. The lowest BCUT2D eigenvalue weighted by molar-refractivity contribution is 0.900. The van der Waals surface area contributed by atoms with Gasteiger partial charge in [-0.1, -0.05) is 0 Å². The van der Waals surface area contributed by atoms with E-state index in [4.69, 9.17) is 5.73 Å². The average molecular weight is 200 g/mol. The fourth-order valence-corrected chi connectivity index (χ4v) is 2.00. The van der Waals surface area contributed by atoms with Gasteiger partial charge in [0.1, 0.15) is 0 Å². The monoisotopic (exact) mass is 200 g/mol. The van der Waals surface area contributed by atoms with Gasteiger partial charge >= 0.3 is 0 Å². The number of nitrogens with one attached hydrogen (secondary N) is 1. The Morgan fingerprint density at radius 1 is 1.47 bits per heavy atom. The molecule has 15 heavy (non-hydrogen) atoms. The fourth-order valence-electron chi connectivity index (χ4n) is 2.00. The van der Waals surface area contributed by atoms with Crippen LogP contribution >= 0.6 is 0 Å². The Morgan fingerprint density at radius 2 is 2.40 bits per heavy atom. The molecule has 0 atom stereocenters. The standard InChI is InChI=1S/C11H12N4/c12-3-1-7-6-14-10-5-9-8(2-4-13-9)11(10)15-7/h2,4,6,13H,1,3,5,12H2. The van der Waals surface area contributed by atoms with Crippen molar-refractivity contribution in [3.8, 4) is 11.3 Å². The molecule has 0 saturated heterocycles. The van der Waals surface area contributed by atoms with Crippen LogP contribution in [-0.4, -0.2) is 21.5 Å². The molecule has 0 aliphatic heterocycles. The molecule has 0 spiro atoms. The lowest BCUT2D eigenvalue weighted by Crippen LogP contribution is -2.06. The van der Waals surface area contributed by atoms with Gasteiger partial charge in [-0.2, -0.15) is 0 Å². The highest BCUT2D eigenvalue weighted by Crippen LogP contribution is 2.32. The summed E-state index contributed by atoms with van der Waals surface area (Å²) in [5.41, 5.74) is 11.0. The molecule has 2 aromatic heterocycles. The third-order valence-corrected chi connectivity index (χ3v) is 2.73. The van der Waals surface area contributed by atoms with E-state index in [1.54, 1.807) is 0 Å². The first-order valence-electron chi connectivity index (χ1n) is 5.10. The van der Waals surface area contributed by atoms with E-state index >= 15 is 0 Å². The van der Waals surface area contributed by atoms with Crippen LogP contribution in [0.2, 0.25) is 0 Å². The Morgan fingerprint density at radius 3 is 3.27 bits per heavy atom. The molecule has 0 radical (unpaired) electrons. The van der Waals surface area contributed by atoms with Crippen LogP contribution in [0.25, 0.3) is 11.3 Å². The molecule has 3 N–H and O–H groups in total. The smallest absolute Gasteiger partial charge is 0.0942 e. The second-order valence-corrected chi connectivity index (χ2v) is 3.74. The van der Waals surface area contributed by atoms with Crippen molar-refractivity contribution in [2.24, 2.45) is 5.73 Å². The van der Waals surface area contributed by atoms with Gasteiger partial charge in [0.05, 0.1) is 17.1 Å². The third-order valence-electron chi connectivity index (χ3n) is 2.73. The van der Waals surface area contributed by atoms with Gasteiger partial charge in [-0.3, -0.25) is 4.98 Å². The predicted octanol–water partition coefficient (Wildman–Crippen LogP) is 0.877. The zero-order chi connectivity index (χ0) is 10.3. The molecule has 0 unspecified atom stereocenters. The molecular formula is C11H12N4. The van der Waals surface area contributed by atoms with Crippen LogP contribution in [0.4, 0.5) is 0 Å². The van der Waals surface area contributed by atoms with Crippen LogP contribution in [0.15, 0.2) is 18.5 Å². The van der Waals surface area contributed by atoms with Gasteiger partial charge in [-0.25, -0.2) is 4.98 Å². The van der Waals surface area contributed by atoms with Crippen molar-refractivity contribution in [3.63, 3.8) is 0 Å². The summed E-state index contributed by atoms with van der Waals surface area (Å²) in [7, 11) is 0. The lowest BCUT2D eigenvalue weighted by Gasteiger charge is -2.01. The van der Waals surface area contributed by atoms with Crippen molar-refractivity contribution in [2.75, 3.05) is 6.54 Å². The molecular weight excluding hydrogens is 188 g/mol. The number of hydrogen-bond donors (Lipinski definition) is 2. The Kier molecular flexibility index (Phi) is 1.82. The number of fused-ring (bicyclic) bond motifs is 3. The minimum Gasteiger partial charge on any atom is -0.364 e. The number of aromatic nitrogens is 3. The molecule has 0 saturated carbocycles. The van der Waals surface area contributed by atoms with E-state index < -0.39 is 0 Å². The maximum Gasteiger partial charge on any atom is 0.0942 e. The zero-order valence-corrected chi connectivity index (χ0v) is 8.33. The fraction of sp³-hybridized carbons (Fsp3) is 0.273. The minimum atomic E-state index is 0.619. The van der Waals surface area contributed by atoms with E-state index in [0.29, 0.717) is 6.54 Å². The van der Waals surface area contributed by atoms with Gasteiger partial charge in [-0.15, -0.1) is 0 Å². The first-order valence-corrected chi connectivity index (χ1v) is 5.10. The molecule has 3 rings (SSSR count). The van der Waals surface area contributed by atoms with Crippen LogP contribution < -0.4 is 5.73 Å². The number of nitrogens with zero attached hydrogens (tertiary/aromatic N) is 2. The van der Waals surface area contributed by atoms with E-state index in [1.165, 1.54) is 11.3 Å². The maximum atomic E-state index is 5.51. The summed E-state index contributed by atoms with van der Waals surface area (Å²) in [6, 6.07) is 2.06. The predicted molar refractivity (Wildman–Crippen MR) is 57.4 cm³/mol. The van der Waals surface area contributed by atoms with Crippen LogP contribution in [0, 0.1) is 0 Å². The highest BCUT2D eigenvalue weighted by molar-refractivity contribution is 5.70. The largest absolute Gasteiger partial charge is 0.364 e. The third kappa shape index (κ3) is 1.26. The number of H-pyrrole nitrogens is 1. The Labute approximate surface area is 87.6 Å². The highest BCUT2D eigenvalue weighted by atomic mass is 14.9. The number of aromatic amines is 1. The van der Waals surface area contributed by atoms with Gasteiger partial charge in [0.2, 0.25) is 0 Å². The van der Waals surface area contributed by atoms with Crippen LogP contribution in [0.5, 0.6) is 0 Å². The van der Waals surface area contributed by atoms with Gasteiger partial charge in [0.25, 0.3) is 0 Å². The zero-order valence-electron chi connectivity index (χ0n) is 8.33. The quantitative estimate of drug-likeness (QED) is 0.645.